The molecule has 0 unspecified atom stereocenters. The number of anilines is 1. The summed E-state index contributed by atoms with van der Waals surface area (Å²) in [5, 5.41) is 0.958. The Hall–Kier alpha value is -1.55. The summed E-state index contributed by atoms with van der Waals surface area (Å²) >= 11 is 1.65. The Balaban J connectivity index is 2.30. The van der Waals surface area contributed by atoms with Gasteiger partial charge in [-0.25, -0.2) is 9.97 Å². The first-order valence-corrected chi connectivity index (χ1v) is 7.29. The first-order valence-electron chi connectivity index (χ1n) is 6.47. The average Bonchev–Trinajstić information content (AvgIpc) is 2.38. The zero-order chi connectivity index (χ0) is 13.8. The molecule has 4 heteroatoms. The molecule has 0 radical (unpaired) electrons. The van der Waals surface area contributed by atoms with Crippen LogP contribution in [-0.2, 0) is 6.42 Å². The Morgan fingerprint density at radius 2 is 1.79 bits per heavy atom. The van der Waals surface area contributed by atoms with Gasteiger partial charge in [0.2, 0.25) is 0 Å². The van der Waals surface area contributed by atoms with Crippen molar-refractivity contribution in [3.63, 3.8) is 0 Å². The zero-order valence-corrected chi connectivity index (χ0v) is 12.4. The Bertz CT molecular complexity index is 564. The van der Waals surface area contributed by atoms with E-state index < -0.39 is 0 Å². The van der Waals surface area contributed by atoms with Crippen LogP contribution < -0.4 is 5.73 Å². The molecule has 0 aliphatic rings. The molecule has 19 heavy (non-hydrogen) atoms. The number of hydrogen-bond acceptors (Lipinski definition) is 4. The minimum Gasteiger partial charge on any atom is -0.383 e. The maximum atomic E-state index is 5.97. The van der Waals surface area contributed by atoms with Crippen molar-refractivity contribution in [3.8, 4) is 0 Å². The summed E-state index contributed by atoms with van der Waals surface area (Å²) in [6.45, 7) is 6.18. The number of nitrogens with zero attached hydrogens (tertiary/aromatic N) is 2. The quantitative estimate of drug-likeness (QED) is 0.861. The monoisotopic (exact) mass is 273 g/mol. The molecule has 100 valence electrons. The minimum absolute atomic E-state index is 0.591. The van der Waals surface area contributed by atoms with E-state index in [0.29, 0.717) is 5.82 Å². The number of aryl methyl sites for hydroxylation is 2. The average molecular weight is 273 g/mol. The van der Waals surface area contributed by atoms with Gasteiger partial charge in [-0.1, -0.05) is 36.4 Å². The fourth-order valence-corrected chi connectivity index (χ4v) is 2.62. The molecule has 0 bridgehead atoms. The Morgan fingerprint density at radius 1 is 1.11 bits per heavy atom. The smallest absolute Gasteiger partial charge is 0.132 e. The highest BCUT2D eigenvalue weighted by atomic mass is 32.2. The molecule has 1 aromatic heterocycles. The number of hydrogen-bond donors (Lipinski definition) is 1. The van der Waals surface area contributed by atoms with Crippen LogP contribution in [0.1, 0.15) is 30.3 Å². The zero-order valence-electron chi connectivity index (χ0n) is 11.6. The number of nitrogens with two attached hydrogens (primary N) is 1. The van der Waals surface area contributed by atoms with Gasteiger partial charge in [0.05, 0.1) is 0 Å². The molecular formula is C15H19N3S. The Kier molecular flexibility index (Phi) is 4.43. The molecule has 2 N–H and O–H groups in total. The van der Waals surface area contributed by atoms with Crippen molar-refractivity contribution in [1.29, 1.82) is 0 Å². The molecule has 2 aromatic rings. The molecule has 0 aliphatic heterocycles. The molecule has 1 aromatic carbocycles. The fraction of sp³-hybridized carbons (Fsp3) is 0.333. The van der Waals surface area contributed by atoms with E-state index in [2.05, 4.69) is 48.1 Å². The second kappa shape index (κ2) is 6.06. The van der Waals surface area contributed by atoms with E-state index in [0.717, 1.165) is 29.3 Å². The lowest BCUT2D eigenvalue weighted by Crippen LogP contribution is -2.04. The number of rotatable bonds is 4. The first kappa shape index (κ1) is 13.9. The van der Waals surface area contributed by atoms with Crippen LogP contribution in [0.2, 0.25) is 0 Å². The molecule has 0 spiro atoms. The van der Waals surface area contributed by atoms with Crippen molar-refractivity contribution < 1.29 is 0 Å². The molecule has 0 atom stereocenters. The standard InChI is InChI=1S/C15H19N3S/c1-4-5-13-17-14(16)11(3)15(18-13)19-12-8-6-10(2)7-9-12/h6-9H,4-5H2,1-3H3,(H2,16,17,18). The van der Waals surface area contributed by atoms with Gasteiger partial charge in [0.25, 0.3) is 0 Å². The van der Waals surface area contributed by atoms with Gasteiger partial charge in [0.1, 0.15) is 16.7 Å². The van der Waals surface area contributed by atoms with E-state index in [1.807, 2.05) is 6.92 Å². The minimum atomic E-state index is 0.591. The van der Waals surface area contributed by atoms with Crippen molar-refractivity contribution >= 4 is 17.6 Å². The molecule has 3 nitrogen and oxygen atoms in total. The van der Waals surface area contributed by atoms with Gasteiger partial charge < -0.3 is 5.73 Å². The van der Waals surface area contributed by atoms with Crippen molar-refractivity contribution in [2.75, 3.05) is 5.73 Å². The summed E-state index contributed by atoms with van der Waals surface area (Å²) in [7, 11) is 0. The molecule has 0 saturated carbocycles. The molecule has 0 aliphatic carbocycles. The van der Waals surface area contributed by atoms with Crippen LogP contribution >= 0.6 is 11.8 Å². The van der Waals surface area contributed by atoms with E-state index in [1.165, 1.54) is 10.5 Å². The Labute approximate surface area is 118 Å². The first-order chi connectivity index (χ1) is 9.10. The summed E-state index contributed by atoms with van der Waals surface area (Å²) in [6, 6.07) is 8.43. The maximum Gasteiger partial charge on any atom is 0.132 e. The van der Waals surface area contributed by atoms with Crippen LogP contribution in [0.3, 0.4) is 0 Å². The lowest BCUT2D eigenvalue weighted by atomic mass is 10.2. The van der Waals surface area contributed by atoms with Gasteiger partial charge in [-0.2, -0.15) is 0 Å². The van der Waals surface area contributed by atoms with E-state index in [-0.39, 0.29) is 0 Å². The largest absolute Gasteiger partial charge is 0.383 e. The highest BCUT2D eigenvalue weighted by Crippen LogP contribution is 2.30. The van der Waals surface area contributed by atoms with Crippen molar-refractivity contribution in [1.82, 2.24) is 9.97 Å². The molecule has 0 saturated heterocycles. The molecule has 0 fully saturated rings. The second-order valence-corrected chi connectivity index (χ2v) is 5.68. The summed E-state index contributed by atoms with van der Waals surface area (Å²) < 4.78 is 0. The van der Waals surface area contributed by atoms with E-state index in [4.69, 9.17) is 5.73 Å². The third kappa shape index (κ3) is 3.47. The molecule has 1 heterocycles. The van der Waals surface area contributed by atoms with Crippen LogP contribution in [0.4, 0.5) is 5.82 Å². The number of aromatic nitrogens is 2. The van der Waals surface area contributed by atoms with Crippen LogP contribution in [0, 0.1) is 13.8 Å². The molecular weight excluding hydrogens is 254 g/mol. The van der Waals surface area contributed by atoms with Gasteiger partial charge in [-0.15, -0.1) is 0 Å². The summed E-state index contributed by atoms with van der Waals surface area (Å²) in [5.74, 6) is 1.42. The Morgan fingerprint density at radius 3 is 2.42 bits per heavy atom. The SMILES string of the molecule is CCCc1nc(N)c(C)c(Sc2ccc(C)cc2)n1. The topological polar surface area (TPSA) is 51.8 Å². The number of benzene rings is 1. The van der Waals surface area contributed by atoms with Crippen LogP contribution in [-0.4, -0.2) is 9.97 Å². The maximum absolute atomic E-state index is 5.97. The van der Waals surface area contributed by atoms with E-state index in [1.54, 1.807) is 11.8 Å². The van der Waals surface area contributed by atoms with E-state index >= 15 is 0 Å². The summed E-state index contributed by atoms with van der Waals surface area (Å²) in [5.41, 5.74) is 8.19. The van der Waals surface area contributed by atoms with Gasteiger partial charge >= 0.3 is 0 Å². The van der Waals surface area contributed by atoms with Gasteiger partial charge in [0.15, 0.2) is 0 Å². The van der Waals surface area contributed by atoms with Crippen LogP contribution in [0.5, 0.6) is 0 Å². The second-order valence-electron chi connectivity index (χ2n) is 4.62. The number of nitrogen functional groups attached to an aromatic ring is 1. The van der Waals surface area contributed by atoms with Crippen molar-refractivity contribution in [3.05, 3.63) is 41.2 Å². The normalized spacial score (nSPS) is 10.7. The predicted octanol–water partition coefficient (Wildman–Crippen LogP) is 3.78. The van der Waals surface area contributed by atoms with Gasteiger partial charge in [-0.05, 0) is 32.4 Å². The molecule has 0 amide bonds. The summed E-state index contributed by atoms with van der Waals surface area (Å²) in [6.07, 6.45) is 1.89. The van der Waals surface area contributed by atoms with Crippen LogP contribution in [0.25, 0.3) is 0 Å². The predicted molar refractivity (Wildman–Crippen MR) is 80.5 cm³/mol. The van der Waals surface area contributed by atoms with Crippen LogP contribution in [0.15, 0.2) is 34.2 Å². The third-order valence-electron chi connectivity index (χ3n) is 2.89. The molecule has 2 rings (SSSR count). The van der Waals surface area contributed by atoms with Crippen molar-refractivity contribution in [2.45, 2.75) is 43.5 Å². The lowest BCUT2D eigenvalue weighted by Gasteiger charge is -2.09. The lowest BCUT2D eigenvalue weighted by molar-refractivity contribution is 0.806. The fourth-order valence-electron chi connectivity index (χ4n) is 1.71. The van der Waals surface area contributed by atoms with Gasteiger partial charge in [0, 0.05) is 16.9 Å². The summed E-state index contributed by atoms with van der Waals surface area (Å²) in [4.78, 5) is 10.1. The van der Waals surface area contributed by atoms with Crippen molar-refractivity contribution in [2.24, 2.45) is 0 Å². The van der Waals surface area contributed by atoms with Gasteiger partial charge in [-0.3, -0.25) is 0 Å². The third-order valence-corrected chi connectivity index (χ3v) is 3.99. The highest BCUT2D eigenvalue weighted by molar-refractivity contribution is 7.99. The van der Waals surface area contributed by atoms with E-state index in [9.17, 15) is 0 Å². The highest BCUT2D eigenvalue weighted by Gasteiger charge is 2.09.